The number of aliphatic hydroxyl groups excluding tert-OH is 2. The van der Waals surface area contributed by atoms with E-state index in [9.17, 15) is 5.11 Å². The Morgan fingerprint density at radius 1 is 0.938 bits per heavy atom. The monoisotopic (exact) mass is 438 g/mol. The highest BCUT2D eigenvalue weighted by Gasteiger charge is 2.15. The quantitative estimate of drug-likeness (QED) is 0.264. The molecular formula is C20H26N10O2. The van der Waals surface area contributed by atoms with Crippen molar-refractivity contribution in [1.29, 1.82) is 0 Å². The summed E-state index contributed by atoms with van der Waals surface area (Å²) in [5, 5.41) is 24.8. The highest BCUT2D eigenvalue weighted by molar-refractivity contribution is 5.85. The van der Waals surface area contributed by atoms with Gasteiger partial charge < -0.3 is 20.8 Å². The molecule has 4 rings (SSSR count). The highest BCUT2D eigenvalue weighted by atomic mass is 16.3. The second kappa shape index (κ2) is 9.66. The van der Waals surface area contributed by atoms with E-state index in [-0.39, 0.29) is 19.1 Å². The predicted molar refractivity (Wildman–Crippen MR) is 120 cm³/mol. The van der Waals surface area contributed by atoms with E-state index in [1.54, 1.807) is 22.0 Å². The molecule has 0 bridgehead atoms. The van der Waals surface area contributed by atoms with Crippen molar-refractivity contribution in [2.75, 3.05) is 36.9 Å². The van der Waals surface area contributed by atoms with Crippen LogP contribution in [0.2, 0.25) is 0 Å². The predicted octanol–water partition coefficient (Wildman–Crippen LogP) is 1.06. The molecule has 4 aromatic rings. The summed E-state index contributed by atoms with van der Waals surface area (Å²) in [6.45, 7) is 5.19. The smallest absolute Gasteiger partial charge is 0.185 e. The minimum atomic E-state index is 0.0162. The van der Waals surface area contributed by atoms with Crippen LogP contribution in [0.25, 0.3) is 22.3 Å². The average Bonchev–Trinajstić information content (AvgIpc) is 3.43. The molecule has 12 heteroatoms. The van der Waals surface area contributed by atoms with Gasteiger partial charge in [0.15, 0.2) is 34.0 Å². The maximum Gasteiger partial charge on any atom is 0.185 e. The molecule has 1 unspecified atom stereocenters. The van der Waals surface area contributed by atoms with Gasteiger partial charge in [0.05, 0.1) is 6.61 Å². The number of aromatic nitrogens is 8. The van der Waals surface area contributed by atoms with Crippen LogP contribution in [0, 0.1) is 5.92 Å². The largest absolute Gasteiger partial charge is 0.396 e. The molecule has 168 valence electrons. The summed E-state index contributed by atoms with van der Waals surface area (Å²) >= 11 is 0. The van der Waals surface area contributed by atoms with E-state index in [0.717, 1.165) is 12.0 Å². The maximum atomic E-state index is 9.20. The summed E-state index contributed by atoms with van der Waals surface area (Å²) in [5.41, 5.74) is 3.30. The van der Waals surface area contributed by atoms with Crippen LogP contribution in [0.3, 0.4) is 0 Å². The Labute approximate surface area is 184 Å². The number of imidazole rings is 2. The molecule has 0 aliphatic carbocycles. The molecule has 0 radical (unpaired) electrons. The zero-order chi connectivity index (χ0) is 22.5. The molecule has 0 aromatic carbocycles. The molecule has 4 heterocycles. The molecule has 0 spiro atoms. The third-order valence-electron chi connectivity index (χ3n) is 5.08. The molecule has 1 atom stereocenters. The Hall–Kier alpha value is -3.64. The lowest BCUT2D eigenvalue weighted by Gasteiger charge is -2.10. The van der Waals surface area contributed by atoms with Crippen LogP contribution < -0.4 is 10.6 Å². The van der Waals surface area contributed by atoms with Crippen LogP contribution in [0.5, 0.6) is 0 Å². The van der Waals surface area contributed by atoms with Crippen molar-refractivity contribution in [3.05, 3.63) is 37.0 Å². The second-order valence-corrected chi connectivity index (χ2v) is 7.56. The maximum absolute atomic E-state index is 9.20. The van der Waals surface area contributed by atoms with Crippen molar-refractivity contribution in [2.45, 2.75) is 20.3 Å². The molecule has 0 aliphatic heterocycles. The number of rotatable bonds is 10. The number of hydrogen-bond donors (Lipinski definition) is 4. The van der Waals surface area contributed by atoms with E-state index < -0.39 is 0 Å². The summed E-state index contributed by atoms with van der Waals surface area (Å²) in [6, 6.07) is 0. The van der Waals surface area contributed by atoms with Crippen molar-refractivity contribution in [3.63, 3.8) is 0 Å². The first kappa shape index (κ1) is 21.6. The number of nitrogens with zero attached hydrogens (tertiary/aromatic N) is 8. The fourth-order valence-electron chi connectivity index (χ4n) is 3.14. The van der Waals surface area contributed by atoms with Crippen LogP contribution in [0.4, 0.5) is 11.6 Å². The van der Waals surface area contributed by atoms with E-state index >= 15 is 0 Å². The lowest BCUT2D eigenvalue weighted by atomic mass is 10.1. The van der Waals surface area contributed by atoms with Gasteiger partial charge in [-0.2, -0.15) is 0 Å². The Bertz CT molecular complexity index is 1230. The molecule has 0 amide bonds. The molecule has 12 nitrogen and oxygen atoms in total. The molecule has 0 fully saturated rings. The summed E-state index contributed by atoms with van der Waals surface area (Å²) in [5.74, 6) is 1.43. The van der Waals surface area contributed by atoms with Gasteiger partial charge in [-0.05, 0) is 19.3 Å². The fraction of sp³-hybridized carbons (Fsp3) is 0.400. The van der Waals surface area contributed by atoms with Gasteiger partial charge in [0.1, 0.15) is 25.3 Å². The number of nitrogens with one attached hydrogen (secondary N) is 2. The van der Waals surface area contributed by atoms with Crippen LogP contribution >= 0.6 is 0 Å². The first-order chi connectivity index (χ1) is 15.6. The first-order valence-corrected chi connectivity index (χ1v) is 10.3. The lowest BCUT2D eigenvalue weighted by Crippen LogP contribution is -2.11. The minimum absolute atomic E-state index is 0.0162. The van der Waals surface area contributed by atoms with E-state index in [1.807, 2.05) is 19.9 Å². The number of fused-ring (bicyclic) bond motifs is 2. The van der Waals surface area contributed by atoms with Crippen molar-refractivity contribution in [3.8, 4) is 0 Å². The molecule has 0 saturated heterocycles. The zero-order valence-electron chi connectivity index (χ0n) is 18.0. The minimum Gasteiger partial charge on any atom is -0.396 e. The van der Waals surface area contributed by atoms with Gasteiger partial charge in [0.2, 0.25) is 0 Å². The third kappa shape index (κ3) is 4.36. The lowest BCUT2D eigenvalue weighted by molar-refractivity contribution is 0.233. The van der Waals surface area contributed by atoms with Gasteiger partial charge in [-0.1, -0.05) is 18.6 Å². The summed E-state index contributed by atoms with van der Waals surface area (Å²) in [4.78, 5) is 26.3. The van der Waals surface area contributed by atoms with Crippen LogP contribution in [0.1, 0.15) is 20.3 Å². The van der Waals surface area contributed by atoms with Crippen molar-refractivity contribution >= 4 is 34.0 Å². The van der Waals surface area contributed by atoms with Crippen molar-refractivity contribution < 1.29 is 10.2 Å². The van der Waals surface area contributed by atoms with E-state index in [4.69, 9.17) is 5.11 Å². The van der Waals surface area contributed by atoms with Crippen molar-refractivity contribution in [2.24, 2.45) is 5.92 Å². The molecule has 0 saturated carbocycles. The van der Waals surface area contributed by atoms with Crippen molar-refractivity contribution in [1.82, 2.24) is 39.3 Å². The van der Waals surface area contributed by atoms with Gasteiger partial charge in [-0.3, -0.25) is 0 Å². The zero-order valence-corrected chi connectivity index (χ0v) is 18.0. The number of aliphatic hydroxyl groups is 2. The molecule has 4 aromatic heterocycles. The molecule has 32 heavy (non-hydrogen) atoms. The summed E-state index contributed by atoms with van der Waals surface area (Å²) < 4.78 is 3.50. The second-order valence-electron chi connectivity index (χ2n) is 7.56. The van der Waals surface area contributed by atoms with Gasteiger partial charge in [-0.15, -0.1) is 0 Å². The van der Waals surface area contributed by atoms with Gasteiger partial charge in [0, 0.05) is 19.7 Å². The fourth-order valence-corrected chi connectivity index (χ4v) is 3.14. The molecule has 0 aliphatic rings. The normalized spacial score (nSPS) is 13.1. The summed E-state index contributed by atoms with van der Waals surface area (Å²) in [7, 11) is 0. The van der Waals surface area contributed by atoms with Gasteiger partial charge in [0.25, 0.3) is 0 Å². The van der Waals surface area contributed by atoms with Gasteiger partial charge >= 0.3 is 0 Å². The highest BCUT2D eigenvalue weighted by Crippen LogP contribution is 2.22. The first-order valence-electron chi connectivity index (χ1n) is 10.3. The van der Waals surface area contributed by atoms with Crippen LogP contribution in [-0.2, 0) is 0 Å². The third-order valence-corrected chi connectivity index (χ3v) is 5.08. The van der Waals surface area contributed by atoms with Gasteiger partial charge in [-0.25, -0.2) is 39.3 Å². The standard InChI is InChI=1S/C20H26N10O2/c1-13(7-31)3-5-21-17-15-19(25-9-23-17)29(11-27-15)30-12-28-16-18(24-10-26-20(16)30)22-6-4-14(2)8-32/h3,9-12,14,31-32H,4-8H2,1-2H3,(H,21,23,25)(H,22,24,26). The van der Waals surface area contributed by atoms with E-state index in [2.05, 4.69) is 40.5 Å². The van der Waals surface area contributed by atoms with Crippen LogP contribution in [-0.4, -0.2) is 75.8 Å². The average molecular weight is 438 g/mol. The Kier molecular flexibility index (Phi) is 6.52. The van der Waals surface area contributed by atoms with E-state index in [0.29, 0.717) is 47.1 Å². The number of hydrogen-bond acceptors (Lipinski definition) is 10. The SMILES string of the molecule is CC(=CCNc1ncnc2c1ncn2-n1cnc2c(NCCC(C)CO)ncnc21)CO. The summed E-state index contributed by atoms with van der Waals surface area (Å²) in [6.07, 6.45) is 8.93. The topological polar surface area (TPSA) is 152 Å². The van der Waals surface area contributed by atoms with E-state index in [1.165, 1.54) is 12.7 Å². The number of anilines is 2. The Morgan fingerprint density at radius 2 is 1.53 bits per heavy atom. The Morgan fingerprint density at radius 3 is 2.09 bits per heavy atom. The van der Waals surface area contributed by atoms with Crippen LogP contribution in [0.15, 0.2) is 37.0 Å². The molecular weight excluding hydrogens is 412 g/mol. The Balaban J connectivity index is 1.62. The molecule has 4 N–H and O–H groups in total.